The van der Waals surface area contributed by atoms with E-state index in [0.29, 0.717) is 27.1 Å². The number of aryl methyl sites for hydroxylation is 1. The van der Waals surface area contributed by atoms with Crippen LogP contribution >= 0.6 is 11.6 Å². The Kier molecular flexibility index (Phi) is 7.70. The lowest BCUT2D eigenvalue weighted by atomic mass is 9.93. The van der Waals surface area contributed by atoms with Crippen LogP contribution in [0.3, 0.4) is 0 Å². The van der Waals surface area contributed by atoms with Crippen molar-refractivity contribution in [1.82, 2.24) is 0 Å². The van der Waals surface area contributed by atoms with Gasteiger partial charge in [-0.25, -0.2) is 14.0 Å². The van der Waals surface area contributed by atoms with Gasteiger partial charge in [0.1, 0.15) is 17.1 Å². The first-order valence-corrected chi connectivity index (χ1v) is 11.9. The second-order valence-electron chi connectivity index (χ2n) is 8.78. The topological polar surface area (TPSA) is 123 Å². The van der Waals surface area contributed by atoms with Crippen molar-refractivity contribution >= 4 is 46.2 Å². The highest BCUT2D eigenvalue weighted by Gasteiger charge is 2.34. The van der Waals surface area contributed by atoms with E-state index in [9.17, 15) is 31.9 Å². The summed E-state index contributed by atoms with van der Waals surface area (Å²) in [6, 6.07) is 11.1. The van der Waals surface area contributed by atoms with Crippen LogP contribution in [0.15, 0.2) is 69.5 Å². The van der Waals surface area contributed by atoms with Crippen molar-refractivity contribution in [3.05, 3.63) is 104 Å². The number of rotatable bonds is 6. The minimum Gasteiger partial charge on any atom is -0.477 e. The van der Waals surface area contributed by atoms with E-state index in [1.807, 2.05) is 0 Å². The van der Waals surface area contributed by atoms with Gasteiger partial charge in [0, 0.05) is 22.0 Å². The van der Waals surface area contributed by atoms with E-state index >= 15 is 0 Å². The van der Waals surface area contributed by atoms with Gasteiger partial charge in [0.25, 0.3) is 0 Å². The summed E-state index contributed by atoms with van der Waals surface area (Å²) < 4.78 is 59.2. The lowest BCUT2D eigenvalue weighted by molar-refractivity contribution is -0.137. The predicted octanol–water partition coefficient (Wildman–Crippen LogP) is 6.15. The quantitative estimate of drug-likeness (QED) is 0.144. The van der Waals surface area contributed by atoms with Crippen molar-refractivity contribution in [1.29, 1.82) is 0 Å². The van der Waals surface area contributed by atoms with Crippen molar-refractivity contribution in [3.8, 4) is 11.1 Å². The number of carbonyl (C=O) groups excluding carboxylic acids is 1. The van der Waals surface area contributed by atoms with Crippen molar-refractivity contribution in [2.75, 3.05) is 5.32 Å². The highest BCUT2D eigenvalue weighted by atomic mass is 35.5. The summed E-state index contributed by atoms with van der Waals surface area (Å²) in [7, 11) is 0. The second kappa shape index (κ2) is 10.9. The number of halogens is 5. The Labute approximate surface area is 228 Å². The van der Waals surface area contributed by atoms with E-state index in [-0.39, 0.29) is 22.8 Å². The Morgan fingerprint density at radius 2 is 1.85 bits per heavy atom. The summed E-state index contributed by atoms with van der Waals surface area (Å²) in [5, 5.41) is 11.9. The first kappa shape index (κ1) is 28.4. The molecule has 12 heteroatoms. The Balaban J connectivity index is 1.87. The number of carbonyl (C=O) groups is 2. The average Bonchev–Trinajstić information content (AvgIpc) is 2.86. The van der Waals surface area contributed by atoms with Crippen LogP contribution < -0.4 is 16.7 Å². The fourth-order valence-electron chi connectivity index (χ4n) is 4.10. The monoisotopic (exact) mass is 574 g/mol. The van der Waals surface area contributed by atoms with Crippen LogP contribution in [0.4, 0.5) is 23.2 Å². The number of fused-ring (bicyclic) bond motifs is 1. The number of nitrogens with two attached hydrogens (primary N) is 1. The van der Waals surface area contributed by atoms with Gasteiger partial charge < -0.3 is 20.6 Å². The molecule has 206 valence electrons. The second-order valence-corrected chi connectivity index (χ2v) is 9.19. The van der Waals surface area contributed by atoms with Gasteiger partial charge in [0.2, 0.25) is 5.91 Å². The standard InChI is InChI=1S/C28H19ClF4N2O5/c1-13-7-17-23(12-20(13)29)40-27(39)18(25(17)15-4-2-3-14(8-15)9-21(34)26(37)38)11-24(36)35-22-6-5-16(30)10-19(22)28(31,32)33/h2-10,12H,11,34H2,1H3,(H,35,36)(H,37,38)/b21-9-. The molecule has 0 aliphatic rings. The number of nitrogens with one attached hydrogen (secondary N) is 1. The molecule has 0 radical (unpaired) electrons. The molecule has 4 rings (SSSR count). The van der Waals surface area contributed by atoms with Gasteiger partial charge in [-0.3, -0.25) is 4.79 Å². The number of hydrogen-bond acceptors (Lipinski definition) is 5. The largest absolute Gasteiger partial charge is 0.477 e. The predicted molar refractivity (Wildman–Crippen MR) is 141 cm³/mol. The van der Waals surface area contributed by atoms with Crippen LogP contribution in [0.2, 0.25) is 5.02 Å². The Hall–Kier alpha value is -4.64. The van der Waals surface area contributed by atoms with Gasteiger partial charge in [0.15, 0.2) is 0 Å². The SMILES string of the molecule is Cc1cc2c(-c3cccc(/C=C(\N)C(=O)O)c3)c(CC(=O)Nc3ccc(F)cc3C(F)(F)F)c(=O)oc2cc1Cl. The molecule has 0 aliphatic carbocycles. The molecule has 0 bridgehead atoms. The molecule has 0 spiro atoms. The van der Waals surface area contributed by atoms with Gasteiger partial charge in [-0.15, -0.1) is 0 Å². The molecule has 0 atom stereocenters. The minimum absolute atomic E-state index is 0.0867. The van der Waals surface area contributed by atoms with Gasteiger partial charge in [-0.2, -0.15) is 13.2 Å². The summed E-state index contributed by atoms with van der Waals surface area (Å²) in [6.07, 6.45) is -4.47. The molecule has 7 nitrogen and oxygen atoms in total. The van der Waals surface area contributed by atoms with E-state index in [1.165, 1.54) is 18.2 Å². The normalized spacial score (nSPS) is 12.0. The Morgan fingerprint density at radius 3 is 2.52 bits per heavy atom. The van der Waals surface area contributed by atoms with Crippen LogP contribution in [-0.4, -0.2) is 17.0 Å². The van der Waals surface area contributed by atoms with E-state index in [4.69, 9.17) is 26.9 Å². The van der Waals surface area contributed by atoms with Gasteiger partial charge >= 0.3 is 17.8 Å². The Bertz CT molecular complexity index is 1760. The molecule has 4 N–H and O–H groups in total. The van der Waals surface area contributed by atoms with Crippen LogP contribution in [0, 0.1) is 12.7 Å². The molecule has 0 fully saturated rings. The number of carboxylic acids is 1. The van der Waals surface area contributed by atoms with Gasteiger partial charge in [0.05, 0.1) is 23.2 Å². The smallest absolute Gasteiger partial charge is 0.418 e. The lowest BCUT2D eigenvalue weighted by Crippen LogP contribution is -2.22. The number of amides is 1. The molecular formula is C28H19ClF4N2O5. The number of aliphatic carboxylic acids is 1. The molecule has 40 heavy (non-hydrogen) atoms. The number of hydrogen-bond donors (Lipinski definition) is 3. The van der Waals surface area contributed by atoms with Crippen molar-refractivity contribution in [2.24, 2.45) is 5.73 Å². The summed E-state index contributed by atoms with van der Waals surface area (Å²) >= 11 is 6.21. The molecule has 1 amide bonds. The maximum atomic E-state index is 13.5. The first-order chi connectivity index (χ1) is 18.7. The zero-order chi connectivity index (χ0) is 29.4. The van der Waals surface area contributed by atoms with Crippen LogP contribution in [0.5, 0.6) is 0 Å². The summed E-state index contributed by atoms with van der Waals surface area (Å²) in [5.74, 6) is -3.49. The lowest BCUT2D eigenvalue weighted by Gasteiger charge is -2.16. The van der Waals surface area contributed by atoms with Crippen molar-refractivity contribution < 1.29 is 36.7 Å². The molecule has 1 heterocycles. The van der Waals surface area contributed by atoms with E-state index in [1.54, 1.807) is 31.2 Å². The average molecular weight is 575 g/mol. The summed E-state index contributed by atoms with van der Waals surface area (Å²) in [6.45, 7) is 1.70. The molecule has 0 saturated heterocycles. The molecule has 1 aromatic heterocycles. The van der Waals surface area contributed by atoms with Crippen LogP contribution in [0.1, 0.15) is 22.3 Å². The van der Waals surface area contributed by atoms with Crippen molar-refractivity contribution in [2.45, 2.75) is 19.5 Å². The van der Waals surface area contributed by atoms with E-state index in [0.717, 1.165) is 12.1 Å². The van der Waals surface area contributed by atoms with E-state index in [2.05, 4.69) is 5.32 Å². The highest BCUT2D eigenvalue weighted by molar-refractivity contribution is 6.32. The number of benzene rings is 3. The first-order valence-electron chi connectivity index (χ1n) is 11.5. The third-order valence-corrected chi connectivity index (χ3v) is 6.33. The fraction of sp³-hybridized carbons (Fsp3) is 0.107. The number of carboxylic acid groups (broad SMARTS) is 1. The zero-order valence-corrected chi connectivity index (χ0v) is 21.3. The van der Waals surface area contributed by atoms with Crippen molar-refractivity contribution in [3.63, 3.8) is 0 Å². The molecular weight excluding hydrogens is 556 g/mol. The van der Waals surface area contributed by atoms with Crippen LogP contribution in [0.25, 0.3) is 28.2 Å². The third-order valence-electron chi connectivity index (χ3n) is 5.92. The molecule has 0 unspecified atom stereocenters. The van der Waals surface area contributed by atoms with Gasteiger partial charge in [-0.05, 0) is 60.0 Å². The van der Waals surface area contributed by atoms with Crippen LogP contribution in [-0.2, 0) is 22.2 Å². The summed E-state index contributed by atoms with van der Waals surface area (Å²) in [5.41, 5.74) is 3.51. The third kappa shape index (κ3) is 5.99. The highest BCUT2D eigenvalue weighted by Crippen LogP contribution is 2.37. The van der Waals surface area contributed by atoms with Gasteiger partial charge in [-0.1, -0.05) is 29.8 Å². The minimum atomic E-state index is -4.96. The molecule has 3 aromatic carbocycles. The van der Waals surface area contributed by atoms with E-state index < -0.39 is 52.9 Å². The Morgan fingerprint density at radius 1 is 1.12 bits per heavy atom. The zero-order valence-electron chi connectivity index (χ0n) is 20.5. The number of anilines is 1. The molecule has 0 saturated carbocycles. The fourth-order valence-corrected chi connectivity index (χ4v) is 4.25. The number of alkyl halides is 3. The summed E-state index contributed by atoms with van der Waals surface area (Å²) in [4.78, 5) is 37.2. The molecule has 0 aliphatic heterocycles. The molecule has 4 aromatic rings. The maximum absolute atomic E-state index is 13.5. The maximum Gasteiger partial charge on any atom is 0.418 e.